The highest BCUT2D eigenvalue weighted by molar-refractivity contribution is 5.90. The Bertz CT molecular complexity index is 625. The summed E-state index contributed by atoms with van der Waals surface area (Å²) >= 11 is 0. The molecule has 0 radical (unpaired) electrons. The van der Waals surface area contributed by atoms with Gasteiger partial charge in [0.05, 0.1) is 6.61 Å². The zero-order valence-corrected chi connectivity index (χ0v) is 11.3. The molecule has 0 aliphatic carbocycles. The summed E-state index contributed by atoms with van der Waals surface area (Å²) in [5.74, 6) is 0.379. The SMILES string of the molecule is CCOc1cccc(Oc2cc(C)ncc2C(=O)O)c1. The van der Waals surface area contributed by atoms with Gasteiger partial charge in [-0.05, 0) is 26.0 Å². The van der Waals surface area contributed by atoms with E-state index in [0.29, 0.717) is 23.8 Å². The quantitative estimate of drug-likeness (QED) is 0.905. The molecule has 0 aliphatic heterocycles. The van der Waals surface area contributed by atoms with Crippen molar-refractivity contribution in [2.75, 3.05) is 6.61 Å². The zero-order chi connectivity index (χ0) is 14.5. The van der Waals surface area contributed by atoms with Crippen molar-refractivity contribution in [3.05, 3.63) is 47.8 Å². The molecule has 0 spiro atoms. The number of benzene rings is 1. The van der Waals surface area contributed by atoms with E-state index < -0.39 is 5.97 Å². The third-order valence-electron chi connectivity index (χ3n) is 2.58. The van der Waals surface area contributed by atoms with E-state index >= 15 is 0 Å². The molecular weight excluding hydrogens is 258 g/mol. The van der Waals surface area contributed by atoms with E-state index in [2.05, 4.69) is 4.98 Å². The molecule has 0 saturated carbocycles. The van der Waals surface area contributed by atoms with Crippen LogP contribution in [0.1, 0.15) is 23.0 Å². The fraction of sp³-hybridized carbons (Fsp3) is 0.200. The number of hydrogen-bond donors (Lipinski definition) is 1. The Morgan fingerprint density at radius 1 is 1.30 bits per heavy atom. The maximum atomic E-state index is 11.1. The number of rotatable bonds is 5. The molecule has 0 saturated heterocycles. The standard InChI is InChI=1S/C15H15NO4/c1-3-19-11-5-4-6-12(8-11)20-14-7-10(2)16-9-13(14)15(17)18/h4-9H,3H2,1-2H3,(H,17,18). The van der Waals surface area contributed by atoms with Gasteiger partial charge in [-0.3, -0.25) is 4.98 Å². The molecule has 5 heteroatoms. The van der Waals surface area contributed by atoms with Crippen molar-refractivity contribution in [3.63, 3.8) is 0 Å². The van der Waals surface area contributed by atoms with Gasteiger partial charge in [-0.25, -0.2) is 4.79 Å². The monoisotopic (exact) mass is 273 g/mol. The van der Waals surface area contributed by atoms with Crippen molar-refractivity contribution in [3.8, 4) is 17.2 Å². The molecule has 0 aliphatic rings. The van der Waals surface area contributed by atoms with Gasteiger partial charge in [0.25, 0.3) is 0 Å². The van der Waals surface area contributed by atoms with Gasteiger partial charge in [-0.1, -0.05) is 6.07 Å². The maximum absolute atomic E-state index is 11.1. The number of aromatic carboxylic acids is 1. The second-order valence-corrected chi connectivity index (χ2v) is 4.14. The average molecular weight is 273 g/mol. The molecule has 1 N–H and O–H groups in total. The smallest absolute Gasteiger partial charge is 0.341 e. The molecule has 0 amide bonds. The number of carboxylic acids is 1. The Hall–Kier alpha value is -2.56. The number of ether oxygens (including phenoxy) is 2. The van der Waals surface area contributed by atoms with E-state index in [1.165, 1.54) is 6.20 Å². The lowest BCUT2D eigenvalue weighted by Gasteiger charge is -2.10. The second kappa shape index (κ2) is 6.06. The summed E-state index contributed by atoms with van der Waals surface area (Å²) in [5, 5.41) is 9.13. The van der Waals surface area contributed by atoms with Gasteiger partial charge in [-0.15, -0.1) is 0 Å². The number of pyridine rings is 1. The fourth-order valence-corrected chi connectivity index (χ4v) is 1.70. The van der Waals surface area contributed by atoms with E-state index in [-0.39, 0.29) is 11.3 Å². The van der Waals surface area contributed by atoms with E-state index in [1.807, 2.05) is 13.0 Å². The largest absolute Gasteiger partial charge is 0.494 e. The highest BCUT2D eigenvalue weighted by atomic mass is 16.5. The van der Waals surface area contributed by atoms with Gasteiger partial charge in [0.2, 0.25) is 0 Å². The first-order chi connectivity index (χ1) is 9.60. The topological polar surface area (TPSA) is 68.7 Å². The van der Waals surface area contributed by atoms with Gasteiger partial charge in [-0.2, -0.15) is 0 Å². The minimum absolute atomic E-state index is 0.0254. The molecule has 0 atom stereocenters. The zero-order valence-electron chi connectivity index (χ0n) is 11.3. The number of hydrogen-bond acceptors (Lipinski definition) is 4. The number of carboxylic acid groups (broad SMARTS) is 1. The van der Waals surface area contributed by atoms with Crippen LogP contribution >= 0.6 is 0 Å². The summed E-state index contributed by atoms with van der Waals surface area (Å²) in [5.41, 5.74) is 0.711. The Morgan fingerprint density at radius 3 is 2.75 bits per heavy atom. The third kappa shape index (κ3) is 3.26. The van der Waals surface area contributed by atoms with Crippen molar-refractivity contribution < 1.29 is 19.4 Å². The van der Waals surface area contributed by atoms with Crippen LogP contribution in [0, 0.1) is 6.92 Å². The van der Waals surface area contributed by atoms with Gasteiger partial charge >= 0.3 is 5.97 Å². The molecule has 0 unspecified atom stereocenters. The molecule has 20 heavy (non-hydrogen) atoms. The highest BCUT2D eigenvalue weighted by Crippen LogP contribution is 2.28. The summed E-state index contributed by atoms with van der Waals surface area (Å²) in [6.07, 6.45) is 1.29. The van der Waals surface area contributed by atoms with Crippen molar-refractivity contribution in [2.24, 2.45) is 0 Å². The summed E-state index contributed by atoms with van der Waals surface area (Å²) in [6, 6.07) is 8.65. The lowest BCUT2D eigenvalue weighted by atomic mass is 10.2. The lowest BCUT2D eigenvalue weighted by molar-refractivity contribution is 0.0693. The Balaban J connectivity index is 2.31. The van der Waals surface area contributed by atoms with Crippen LogP contribution in [-0.4, -0.2) is 22.7 Å². The van der Waals surface area contributed by atoms with Gasteiger partial charge in [0.1, 0.15) is 22.8 Å². The second-order valence-electron chi connectivity index (χ2n) is 4.14. The Morgan fingerprint density at radius 2 is 2.05 bits per heavy atom. The first-order valence-electron chi connectivity index (χ1n) is 6.21. The summed E-state index contributed by atoms with van der Waals surface area (Å²) in [4.78, 5) is 15.1. The van der Waals surface area contributed by atoms with Crippen LogP contribution in [0.2, 0.25) is 0 Å². The Labute approximate surface area is 116 Å². The van der Waals surface area contributed by atoms with E-state index in [1.54, 1.807) is 31.2 Å². The summed E-state index contributed by atoms with van der Waals surface area (Å²) in [7, 11) is 0. The van der Waals surface area contributed by atoms with E-state index in [4.69, 9.17) is 14.6 Å². The Kier molecular flexibility index (Phi) is 4.20. The fourth-order valence-electron chi connectivity index (χ4n) is 1.70. The summed E-state index contributed by atoms with van der Waals surface area (Å²) in [6.45, 7) is 4.22. The van der Waals surface area contributed by atoms with Crippen LogP contribution in [-0.2, 0) is 0 Å². The van der Waals surface area contributed by atoms with Crippen LogP contribution in [0.15, 0.2) is 36.5 Å². The van der Waals surface area contributed by atoms with E-state index in [0.717, 1.165) is 0 Å². The van der Waals surface area contributed by atoms with Crippen molar-refractivity contribution in [2.45, 2.75) is 13.8 Å². The third-order valence-corrected chi connectivity index (χ3v) is 2.58. The van der Waals surface area contributed by atoms with Crippen LogP contribution in [0.4, 0.5) is 0 Å². The number of carbonyl (C=O) groups is 1. The first-order valence-corrected chi connectivity index (χ1v) is 6.21. The minimum Gasteiger partial charge on any atom is -0.494 e. The lowest BCUT2D eigenvalue weighted by Crippen LogP contribution is -2.02. The predicted molar refractivity (Wildman–Crippen MR) is 73.6 cm³/mol. The molecule has 2 rings (SSSR count). The van der Waals surface area contributed by atoms with Crippen LogP contribution in [0.5, 0.6) is 17.2 Å². The van der Waals surface area contributed by atoms with Gasteiger partial charge in [0, 0.05) is 24.0 Å². The van der Waals surface area contributed by atoms with Crippen LogP contribution in [0.25, 0.3) is 0 Å². The van der Waals surface area contributed by atoms with Crippen molar-refractivity contribution in [1.82, 2.24) is 4.98 Å². The molecule has 1 aromatic heterocycles. The molecule has 1 aromatic carbocycles. The number of aryl methyl sites for hydroxylation is 1. The van der Waals surface area contributed by atoms with Crippen LogP contribution in [0.3, 0.4) is 0 Å². The molecule has 0 bridgehead atoms. The molecular formula is C15H15NO4. The molecule has 104 valence electrons. The average Bonchev–Trinajstić information content (AvgIpc) is 2.39. The van der Waals surface area contributed by atoms with E-state index in [9.17, 15) is 4.79 Å². The molecule has 0 fully saturated rings. The van der Waals surface area contributed by atoms with Gasteiger partial charge in [0.15, 0.2) is 0 Å². The van der Waals surface area contributed by atoms with Crippen molar-refractivity contribution in [1.29, 1.82) is 0 Å². The summed E-state index contributed by atoms with van der Waals surface area (Å²) < 4.78 is 11.0. The van der Waals surface area contributed by atoms with Crippen molar-refractivity contribution >= 4 is 5.97 Å². The molecule has 1 heterocycles. The number of aromatic nitrogens is 1. The first kappa shape index (κ1) is 13.9. The number of nitrogens with zero attached hydrogens (tertiary/aromatic N) is 1. The minimum atomic E-state index is -1.08. The maximum Gasteiger partial charge on any atom is 0.341 e. The normalized spacial score (nSPS) is 10.1. The highest BCUT2D eigenvalue weighted by Gasteiger charge is 2.13. The van der Waals surface area contributed by atoms with Crippen LogP contribution < -0.4 is 9.47 Å². The van der Waals surface area contributed by atoms with Gasteiger partial charge < -0.3 is 14.6 Å². The molecule has 5 nitrogen and oxygen atoms in total. The predicted octanol–water partition coefficient (Wildman–Crippen LogP) is 3.28. The molecule has 2 aromatic rings.